The van der Waals surface area contributed by atoms with Gasteiger partial charge in [0.15, 0.2) is 6.61 Å². The molecule has 1 N–H and O–H groups in total. The fourth-order valence-electron chi connectivity index (χ4n) is 2.22. The number of carbonyl (C=O) groups excluding carboxylic acids is 3. The van der Waals surface area contributed by atoms with Crippen molar-refractivity contribution in [3.63, 3.8) is 0 Å². The molecule has 0 fully saturated rings. The first-order chi connectivity index (χ1) is 13.0. The van der Waals surface area contributed by atoms with Crippen LogP contribution in [0.25, 0.3) is 0 Å². The molecule has 0 aliphatic heterocycles. The van der Waals surface area contributed by atoms with Crippen LogP contribution in [0.3, 0.4) is 0 Å². The van der Waals surface area contributed by atoms with Crippen molar-refractivity contribution in [2.75, 3.05) is 27.8 Å². The Balaban J connectivity index is 2.79. The first kappa shape index (κ1) is 23.6. The van der Waals surface area contributed by atoms with E-state index in [1.807, 2.05) is 6.92 Å². The zero-order chi connectivity index (χ0) is 21.5. The monoisotopic (exact) mass is 414 g/mol. The highest BCUT2D eigenvalue weighted by Crippen LogP contribution is 2.15. The van der Waals surface area contributed by atoms with Crippen molar-refractivity contribution >= 4 is 27.9 Å². The zero-order valence-corrected chi connectivity index (χ0v) is 17.4. The molecule has 1 aromatic rings. The van der Waals surface area contributed by atoms with E-state index in [0.29, 0.717) is 6.42 Å². The fraction of sp³-hybridized carbons (Fsp3) is 0.500. The lowest BCUT2D eigenvalue weighted by molar-refractivity contribution is -0.147. The Kier molecular flexibility index (Phi) is 8.58. The van der Waals surface area contributed by atoms with Gasteiger partial charge in [0.2, 0.25) is 10.0 Å². The normalized spacial score (nSPS) is 13.5. The van der Waals surface area contributed by atoms with Gasteiger partial charge in [-0.3, -0.25) is 4.79 Å². The van der Waals surface area contributed by atoms with Crippen LogP contribution in [0.5, 0.6) is 0 Å². The third kappa shape index (κ3) is 6.03. The fourth-order valence-corrected chi connectivity index (χ4v) is 3.17. The summed E-state index contributed by atoms with van der Waals surface area (Å²) in [5.41, 5.74) is -0.0119. The lowest BCUT2D eigenvalue weighted by Gasteiger charge is -2.21. The predicted octanol–water partition coefficient (Wildman–Crippen LogP) is 0.798. The van der Waals surface area contributed by atoms with Crippen LogP contribution < -0.4 is 5.32 Å². The Bertz CT molecular complexity index is 821. The maximum atomic E-state index is 12.2. The van der Waals surface area contributed by atoms with Crippen molar-refractivity contribution < 1.29 is 32.3 Å². The number of methoxy groups -OCH3 is 1. The average molecular weight is 414 g/mol. The third-order valence-electron chi connectivity index (χ3n) is 4.17. The number of benzene rings is 1. The topological polar surface area (TPSA) is 119 Å². The highest BCUT2D eigenvalue weighted by Gasteiger charge is 2.27. The largest absolute Gasteiger partial charge is 0.467 e. The number of esters is 2. The van der Waals surface area contributed by atoms with Crippen LogP contribution in [0, 0.1) is 5.92 Å². The second kappa shape index (κ2) is 10.2. The predicted molar refractivity (Wildman–Crippen MR) is 101 cm³/mol. The molecule has 0 aliphatic carbocycles. The molecule has 28 heavy (non-hydrogen) atoms. The van der Waals surface area contributed by atoms with Crippen molar-refractivity contribution in [1.29, 1.82) is 0 Å². The maximum Gasteiger partial charge on any atom is 0.338 e. The summed E-state index contributed by atoms with van der Waals surface area (Å²) in [6.07, 6.45) is 0.632. The van der Waals surface area contributed by atoms with Crippen LogP contribution in [-0.4, -0.2) is 64.4 Å². The zero-order valence-electron chi connectivity index (χ0n) is 16.6. The minimum Gasteiger partial charge on any atom is -0.467 e. The molecule has 0 aromatic heterocycles. The van der Waals surface area contributed by atoms with E-state index < -0.39 is 40.5 Å². The van der Waals surface area contributed by atoms with Gasteiger partial charge in [-0.1, -0.05) is 26.3 Å². The number of ether oxygens (including phenoxy) is 2. The minimum atomic E-state index is -3.71. The number of nitrogens with one attached hydrogen (secondary N) is 1. The van der Waals surface area contributed by atoms with Gasteiger partial charge in [0, 0.05) is 14.1 Å². The molecular formula is C18H26N2O7S. The van der Waals surface area contributed by atoms with E-state index in [2.05, 4.69) is 10.1 Å². The first-order valence-electron chi connectivity index (χ1n) is 8.61. The summed E-state index contributed by atoms with van der Waals surface area (Å²) in [5, 5.41) is 2.48. The van der Waals surface area contributed by atoms with Crippen molar-refractivity contribution in [2.45, 2.75) is 31.2 Å². The maximum absolute atomic E-state index is 12.2. The summed E-state index contributed by atoms with van der Waals surface area (Å²) in [6, 6.07) is 4.46. The molecule has 0 saturated carbocycles. The van der Waals surface area contributed by atoms with Crippen molar-refractivity contribution in [1.82, 2.24) is 9.62 Å². The molecule has 0 saturated heterocycles. The molecule has 0 aliphatic rings. The Morgan fingerprint density at radius 2 is 1.86 bits per heavy atom. The number of nitrogens with zero attached hydrogens (tertiary/aromatic N) is 1. The van der Waals surface area contributed by atoms with Gasteiger partial charge in [0.25, 0.3) is 5.91 Å². The van der Waals surface area contributed by atoms with Gasteiger partial charge in [-0.15, -0.1) is 0 Å². The van der Waals surface area contributed by atoms with Crippen LogP contribution in [-0.2, 0) is 29.1 Å². The molecule has 156 valence electrons. The van der Waals surface area contributed by atoms with Gasteiger partial charge in [0.1, 0.15) is 6.04 Å². The number of rotatable bonds is 9. The van der Waals surface area contributed by atoms with E-state index in [1.54, 1.807) is 6.92 Å². The second-order valence-corrected chi connectivity index (χ2v) is 8.50. The molecule has 2 atom stereocenters. The van der Waals surface area contributed by atoms with Crippen LogP contribution in [0.15, 0.2) is 29.2 Å². The number of hydrogen-bond acceptors (Lipinski definition) is 7. The van der Waals surface area contributed by atoms with Gasteiger partial charge in [-0.05, 0) is 24.1 Å². The van der Waals surface area contributed by atoms with Crippen LogP contribution in [0.1, 0.15) is 30.6 Å². The van der Waals surface area contributed by atoms with Crippen molar-refractivity contribution in [3.05, 3.63) is 29.8 Å². The quantitative estimate of drug-likeness (QED) is 0.594. The van der Waals surface area contributed by atoms with Gasteiger partial charge in [-0.25, -0.2) is 22.3 Å². The summed E-state index contributed by atoms with van der Waals surface area (Å²) in [7, 11) is 0.260. The highest BCUT2D eigenvalue weighted by atomic mass is 32.2. The summed E-state index contributed by atoms with van der Waals surface area (Å²) in [4.78, 5) is 35.9. The molecule has 10 heteroatoms. The van der Waals surface area contributed by atoms with E-state index in [-0.39, 0.29) is 16.4 Å². The molecule has 1 rings (SSSR count). The lowest BCUT2D eigenvalue weighted by atomic mass is 9.99. The van der Waals surface area contributed by atoms with E-state index in [9.17, 15) is 22.8 Å². The average Bonchev–Trinajstić information content (AvgIpc) is 2.68. The minimum absolute atomic E-state index is 0.0119. The van der Waals surface area contributed by atoms with Crippen LogP contribution in [0.4, 0.5) is 0 Å². The molecule has 0 unspecified atom stereocenters. The summed E-state index contributed by atoms with van der Waals surface area (Å²) in [6.45, 7) is 3.03. The Labute approximate surface area is 165 Å². The van der Waals surface area contributed by atoms with Gasteiger partial charge >= 0.3 is 11.9 Å². The van der Waals surface area contributed by atoms with E-state index >= 15 is 0 Å². The number of carbonyl (C=O) groups is 3. The van der Waals surface area contributed by atoms with Gasteiger partial charge in [-0.2, -0.15) is 0 Å². The molecule has 0 bridgehead atoms. The summed E-state index contributed by atoms with van der Waals surface area (Å²) >= 11 is 0. The summed E-state index contributed by atoms with van der Waals surface area (Å²) in [5.74, 6) is -2.28. The van der Waals surface area contributed by atoms with Crippen molar-refractivity contribution in [3.8, 4) is 0 Å². The standard InChI is InChI=1S/C18H26N2O7S/c1-6-12(2)16(18(23)26-5)19-15(21)11-27-17(22)13-8-7-9-14(10-13)28(24,25)20(3)4/h7-10,12,16H,6,11H2,1-5H3,(H,19,21)/t12-,16-/m0/s1. The molecule has 0 spiro atoms. The first-order valence-corrected chi connectivity index (χ1v) is 10.1. The van der Waals surface area contributed by atoms with E-state index in [1.165, 1.54) is 45.5 Å². The number of sulfonamides is 1. The molecule has 1 amide bonds. The lowest BCUT2D eigenvalue weighted by Crippen LogP contribution is -2.47. The third-order valence-corrected chi connectivity index (χ3v) is 5.98. The Morgan fingerprint density at radius 1 is 1.21 bits per heavy atom. The molecule has 9 nitrogen and oxygen atoms in total. The van der Waals surface area contributed by atoms with Crippen molar-refractivity contribution in [2.24, 2.45) is 5.92 Å². The van der Waals surface area contributed by atoms with E-state index in [4.69, 9.17) is 4.74 Å². The smallest absolute Gasteiger partial charge is 0.338 e. The highest BCUT2D eigenvalue weighted by molar-refractivity contribution is 7.89. The number of amides is 1. The molecular weight excluding hydrogens is 388 g/mol. The Hall–Kier alpha value is -2.46. The number of hydrogen-bond donors (Lipinski definition) is 1. The van der Waals surface area contributed by atoms with Gasteiger partial charge < -0.3 is 14.8 Å². The molecule has 1 aromatic carbocycles. The SMILES string of the molecule is CC[C@H](C)[C@H](NC(=O)COC(=O)c1cccc(S(=O)(=O)N(C)C)c1)C(=O)OC. The van der Waals surface area contributed by atoms with Crippen LogP contribution in [0.2, 0.25) is 0 Å². The molecule has 0 radical (unpaired) electrons. The molecule has 0 heterocycles. The van der Waals surface area contributed by atoms with E-state index in [0.717, 1.165) is 4.31 Å². The van der Waals surface area contributed by atoms with Crippen LogP contribution >= 0.6 is 0 Å². The summed E-state index contributed by atoms with van der Waals surface area (Å²) < 4.78 is 34.9. The second-order valence-electron chi connectivity index (χ2n) is 6.35. The van der Waals surface area contributed by atoms with Gasteiger partial charge in [0.05, 0.1) is 17.6 Å². The Morgan fingerprint density at radius 3 is 2.39 bits per heavy atom.